The van der Waals surface area contributed by atoms with Crippen molar-refractivity contribution in [2.75, 3.05) is 0 Å². The minimum absolute atomic E-state index is 0. The van der Waals surface area contributed by atoms with E-state index in [1.165, 1.54) is 21.2 Å². The van der Waals surface area contributed by atoms with Gasteiger partial charge in [-0.3, -0.25) is 9.97 Å². The van der Waals surface area contributed by atoms with Crippen molar-refractivity contribution in [2.24, 2.45) is 0 Å². The van der Waals surface area contributed by atoms with Gasteiger partial charge in [0.1, 0.15) is 5.58 Å². The van der Waals surface area contributed by atoms with E-state index in [9.17, 15) is 0 Å². The molecule has 4 heterocycles. The van der Waals surface area contributed by atoms with Gasteiger partial charge in [0, 0.05) is 36.9 Å². The summed E-state index contributed by atoms with van der Waals surface area (Å²) in [5.41, 5.74) is 12.3. The number of aromatic nitrogens is 4. The minimum Gasteiger partial charge on any atom is 0 e. The van der Waals surface area contributed by atoms with Crippen molar-refractivity contribution >= 4 is 50.6 Å². The van der Waals surface area contributed by atoms with Gasteiger partial charge in [0.2, 0.25) is 0 Å². The van der Waals surface area contributed by atoms with Crippen LogP contribution in [0, 0.1) is 26.0 Å². The van der Waals surface area contributed by atoms with E-state index in [1.54, 1.807) is 0 Å². The number of nitrogens with zero attached hydrogens (tertiary/aromatic N) is 4. The van der Waals surface area contributed by atoms with Crippen molar-refractivity contribution in [3.63, 3.8) is 0 Å². The summed E-state index contributed by atoms with van der Waals surface area (Å²) in [5, 5.41) is 2.18. The molecule has 5 nitrogen and oxygen atoms in total. The fraction of sp³-hybridized carbons (Fsp3) is 0.239. The average Bonchev–Trinajstić information content (AvgIpc) is 3.70. The number of benzene rings is 4. The third kappa shape index (κ3) is 7.55. The van der Waals surface area contributed by atoms with E-state index >= 15 is 0 Å². The van der Waals surface area contributed by atoms with Crippen molar-refractivity contribution in [3.8, 4) is 28.3 Å². The topological polar surface area (TPSA) is 56.7 Å². The molecule has 271 valence electrons. The van der Waals surface area contributed by atoms with Gasteiger partial charge >= 0.3 is 99.8 Å². The fourth-order valence-corrected chi connectivity index (χ4v) is 9.17. The van der Waals surface area contributed by atoms with E-state index in [4.69, 9.17) is 14.4 Å². The third-order valence-electron chi connectivity index (χ3n) is 9.68. The summed E-state index contributed by atoms with van der Waals surface area (Å²) < 4.78 is 10.2. The summed E-state index contributed by atoms with van der Waals surface area (Å²) in [6.07, 6.45) is 2.04. The molecular formula is C46H46GeIrN4O-2. The predicted octanol–water partition coefficient (Wildman–Crippen LogP) is 11.7. The number of para-hydroxylation sites is 2. The molecule has 0 saturated carbocycles. The largest absolute Gasteiger partial charge is 0 e. The van der Waals surface area contributed by atoms with Gasteiger partial charge in [-0.2, -0.15) is 0 Å². The fourth-order valence-electron chi connectivity index (χ4n) is 6.99. The van der Waals surface area contributed by atoms with Crippen LogP contribution in [-0.4, -0.2) is 32.8 Å². The Balaban J connectivity index is 0.000000238. The zero-order chi connectivity index (χ0) is 36.7. The molecule has 0 fully saturated rings. The molecule has 1 radical (unpaired) electrons. The number of hydrogen-bond acceptors (Lipinski definition) is 4. The predicted molar refractivity (Wildman–Crippen MR) is 220 cm³/mol. The summed E-state index contributed by atoms with van der Waals surface area (Å²) in [6, 6.07) is 40.0. The Hall–Kier alpha value is -4.36. The van der Waals surface area contributed by atoms with Gasteiger partial charge in [0.25, 0.3) is 0 Å². The maximum Gasteiger partial charge on any atom is 0 e. The zero-order valence-corrected chi connectivity index (χ0v) is 36.5. The second kappa shape index (κ2) is 15.5. The summed E-state index contributed by atoms with van der Waals surface area (Å²) in [4.78, 5) is 14.6. The van der Waals surface area contributed by atoms with Gasteiger partial charge in [-0.25, -0.2) is 0 Å². The Bertz CT molecular complexity index is 2500. The molecule has 0 atom stereocenters. The van der Waals surface area contributed by atoms with Crippen LogP contribution in [-0.2, 0) is 20.1 Å². The number of hydrogen-bond donors (Lipinski definition) is 0. The molecule has 4 aromatic heterocycles. The van der Waals surface area contributed by atoms with Crippen molar-refractivity contribution in [1.82, 2.24) is 19.5 Å². The van der Waals surface area contributed by atoms with Gasteiger partial charge in [0.15, 0.2) is 0 Å². The van der Waals surface area contributed by atoms with Gasteiger partial charge in [-0.05, 0) is 48.9 Å². The zero-order valence-electron chi connectivity index (χ0n) is 32.0. The van der Waals surface area contributed by atoms with Crippen molar-refractivity contribution < 1.29 is 24.5 Å². The molecular weight excluding hydrogens is 889 g/mol. The minimum atomic E-state index is -1.72. The van der Waals surface area contributed by atoms with Crippen LogP contribution in [0.3, 0.4) is 0 Å². The first-order valence-electron chi connectivity index (χ1n) is 18.2. The maximum atomic E-state index is 6.43. The van der Waals surface area contributed by atoms with Crippen LogP contribution in [0.1, 0.15) is 62.0 Å². The Morgan fingerprint density at radius 3 is 2.09 bits per heavy atom. The first-order valence-corrected chi connectivity index (χ1v) is 25.5. The number of fused-ring (bicyclic) bond motifs is 4. The molecule has 0 bridgehead atoms. The van der Waals surface area contributed by atoms with Crippen LogP contribution in [0.4, 0.5) is 0 Å². The van der Waals surface area contributed by atoms with Crippen molar-refractivity contribution in [3.05, 3.63) is 138 Å². The van der Waals surface area contributed by atoms with E-state index < -0.39 is 13.3 Å². The van der Waals surface area contributed by atoms with Gasteiger partial charge in [-0.15, -0.1) is 18.2 Å². The van der Waals surface area contributed by atoms with Crippen molar-refractivity contribution in [1.29, 1.82) is 0 Å². The van der Waals surface area contributed by atoms with Gasteiger partial charge in [-0.1, -0.05) is 75.0 Å². The van der Waals surface area contributed by atoms with Crippen LogP contribution >= 0.6 is 0 Å². The summed E-state index contributed by atoms with van der Waals surface area (Å²) in [7, 11) is 0. The van der Waals surface area contributed by atoms with Crippen LogP contribution in [0.15, 0.2) is 108 Å². The van der Waals surface area contributed by atoms with Gasteiger partial charge < -0.3 is 8.98 Å². The molecule has 0 spiro atoms. The smallest absolute Gasteiger partial charge is 0 e. The van der Waals surface area contributed by atoms with Crippen LogP contribution in [0.2, 0.25) is 17.3 Å². The monoisotopic (exact) mass is 937 g/mol. The molecule has 4 aromatic carbocycles. The molecule has 0 saturated heterocycles. The number of furan rings is 1. The molecule has 53 heavy (non-hydrogen) atoms. The van der Waals surface area contributed by atoms with Gasteiger partial charge in [0.05, 0.1) is 28.1 Å². The molecule has 8 aromatic rings. The van der Waals surface area contributed by atoms with E-state index in [0.29, 0.717) is 11.8 Å². The molecule has 0 aliphatic rings. The second-order valence-corrected chi connectivity index (χ2v) is 25.9. The number of imidazole rings is 1. The van der Waals surface area contributed by atoms with Crippen LogP contribution in [0.25, 0.3) is 61.3 Å². The Kier molecular flexibility index (Phi) is 11.3. The first-order chi connectivity index (χ1) is 24.9. The molecule has 0 amide bonds. The molecule has 7 heteroatoms. The van der Waals surface area contributed by atoms with E-state index in [2.05, 4.69) is 128 Å². The van der Waals surface area contributed by atoms with Crippen LogP contribution < -0.4 is 4.40 Å². The second-order valence-electron chi connectivity index (χ2n) is 15.2. The Morgan fingerprint density at radius 1 is 0.736 bits per heavy atom. The van der Waals surface area contributed by atoms with Crippen molar-refractivity contribution in [2.45, 2.75) is 70.6 Å². The molecule has 0 aliphatic heterocycles. The van der Waals surface area contributed by atoms with E-state index in [1.807, 2.05) is 55.6 Å². The molecule has 0 unspecified atom stereocenters. The Labute approximate surface area is 329 Å². The van der Waals surface area contributed by atoms with E-state index in [-0.39, 0.29) is 20.1 Å². The third-order valence-corrected chi connectivity index (χ3v) is 13.9. The average molecular weight is 936 g/mol. The van der Waals surface area contributed by atoms with Crippen LogP contribution in [0.5, 0.6) is 0 Å². The SMILES string of the molecule is Cc1cc2nc(-c3[c-]ccc4c3oc3ccccc34)n(-c3c(C(C)C)cccc3C(C)C)c2c(C)n1.[CH3][Ge]([CH3])([CH3])[c]1ccc(-c2[c-]cccc2)nc1.[Ir]. The molecule has 8 rings (SSSR count). The summed E-state index contributed by atoms with van der Waals surface area (Å²) in [5.74, 6) is 8.66. The molecule has 0 aliphatic carbocycles. The first kappa shape index (κ1) is 38.4. The number of rotatable bonds is 6. The normalized spacial score (nSPS) is 11.7. The number of pyridine rings is 2. The maximum absolute atomic E-state index is 6.43. The van der Waals surface area contributed by atoms with E-state index in [0.717, 1.165) is 67.0 Å². The quantitative estimate of drug-likeness (QED) is 0.123. The number of aryl methyl sites for hydroxylation is 2. The summed E-state index contributed by atoms with van der Waals surface area (Å²) in [6.45, 7) is 13.1. The molecule has 0 N–H and O–H groups in total. The summed E-state index contributed by atoms with van der Waals surface area (Å²) >= 11 is -1.72. The Morgan fingerprint density at radius 2 is 1.45 bits per heavy atom. The standard InChI is InChI=1S/C32H30N3O.C14H16GeN.Ir/c1-18(2)22-12-9-13-23(19(3)4)30(22)35-29-21(6)33-20(5)17-27(29)34-32(35)26-15-10-14-25-24-11-7-8-16-28(24)36-31(25)26;1-15(2,3)13-9-10-14(16-11-13)12-7-5-4-6-8-12;/h7-14,16-19H,1-6H3;4-7,9-11H,1-3H3;/q2*-1;.